The van der Waals surface area contributed by atoms with E-state index in [0.29, 0.717) is 32.3 Å². The van der Waals surface area contributed by atoms with Crippen molar-refractivity contribution in [2.45, 2.75) is 25.8 Å². The lowest BCUT2D eigenvalue weighted by Gasteiger charge is -2.28. The number of amides is 1. The average molecular weight is 290 g/mol. The molecule has 2 aliphatic rings. The molecule has 2 aliphatic heterocycles. The first kappa shape index (κ1) is 14.2. The quantitative estimate of drug-likeness (QED) is 0.920. The van der Waals surface area contributed by atoms with Crippen molar-refractivity contribution in [2.24, 2.45) is 0 Å². The Morgan fingerprint density at radius 2 is 2.24 bits per heavy atom. The fraction of sp³-hybridized carbons (Fsp3) is 0.562. The van der Waals surface area contributed by atoms with Gasteiger partial charge in [0.1, 0.15) is 5.75 Å². The molecule has 1 aromatic rings. The number of hydrogen-bond acceptors (Lipinski definition) is 4. The summed E-state index contributed by atoms with van der Waals surface area (Å²) < 4.78 is 11.0. The molecule has 3 rings (SSSR count). The Balaban J connectivity index is 1.64. The second-order valence-corrected chi connectivity index (χ2v) is 5.66. The number of nitrogens with one attached hydrogen (secondary N) is 1. The normalized spacial score (nSPS) is 21.4. The molecule has 1 aromatic carbocycles. The van der Waals surface area contributed by atoms with E-state index in [1.807, 2.05) is 12.1 Å². The Bertz CT molecular complexity index is 512. The molecule has 114 valence electrons. The molecule has 1 atom stereocenters. The van der Waals surface area contributed by atoms with E-state index in [1.165, 1.54) is 5.56 Å². The third kappa shape index (κ3) is 3.29. The van der Waals surface area contributed by atoms with Crippen molar-refractivity contribution in [3.63, 3.8) is 0 Å². The highest BCUT2D eigenvalue weighted by Crippen LogP contribution is 2.33. The first-order valence-electron chi connectivity index (χ1n) is 7.61. The Morgan fingerprint density at radius 1 is 1.43 bits per heavy atom. The van der Waals surface area contributed by atoms with Crippen molar-refractivity contribution in [3.05, 3.63) is 23.8 Å². The molecule has 21 heavy (non-hydrogen) atoms. The maximum atomic E-state index is 12.1. The van der Waals surface area contributed by atoms with Crippen LogP contribution >= 0.6 is 0 Å². The minimum atomic E-state index is 0.0276. The maximum Gasteiger partial charge on any atom is 0.260 e. The van der Waals surface area contributed by atoms with Crippen LogP contribution in [0.1, 0.15) is 18.9 Å². The third-order valence-electron chi connectivity index (χ3n) is 4.06. The zero-order valence-corrected chi connectivity index (χ0v) is 12.4. The molecule has 5 heteroatoms. The minimum absolute atomic E-state index is 0.0276. The molecule has 0 radical (unpaired) electrons. The number of benzene rings is 1. The summed E-state index contributed by atoms with van der Waals surface area (Å²) in [7, 11) is 0. The molecular formula is C16H22N2O3. The van der Waals surface area contributed by atoms with Crippen LogP contribution < -0.4 is 10.1 Å². The number of aryl methyl sites for hydroxylation is 1. The highest BCUT2D eigenvalue weighted by atomic mass is 16.5. The summed E-state index contributed by atoms with van der Waals surface area (Å²) >= 11 is 0. The number of carbonyl (C=O) groups is 1. The van der Waals surface area contributed by atoms with E-state index in [9.17, 15) is 4.79 Å². The number of ether oxygens (including phenoxy) is 2. The van der Waals surface area contributed by atoms with Crippen LogP contribution in [-0.4, -0.2) is 49.8 Å². The number of hydrogen-bond donors (Lipinski definition) is 1. The number of carbonyl (C=O) groups excluding carboxylic acids is 1. The van der Waals surface area contributed by atoms with Gasteiger partial charge in [0.25, 0.3) is 5.91 Å². The summed E-state index contributed by atoms with van der Waals surface area (Å²) in [5, 5.41) is 3.46. The molecule has 0 aromatic heterocycles. The molecule has 1 N–H and O–H groups in total. The van der Waals surface area contributed by atoms with E-state index < -0.39 is 0 Å². The van der Waals surface area contributed by atoms with E-state index >= 15 is 0 Å². The summed E-state index contributed by atoms with van der Waals surface area (Å²) in [6.07, 6.45) is 2.18. The van der Waals surface area contributed by atoms with Crippen LogP contribution in [0.3, 0.4) is 0 Å². The van der Waals surface area contributed by atoms with Gasteiger partial charge in [-0.25, -0.2) is 0 Å². The number of morpholine rings is 1. The van der Waals surface area contributed by atoms with E-state index in [2.05, 4.69) is 18.3 Å². The Morgan fingerprint density at radius 3 is 3.05 bits per heavy atom. The minimum Gasteiger partial charge on any atom is -0.482 e. The second kappa shape index (κ2) is 6.35. The van der Waals surface area contributed by atoms with Crippen LogP contribution in [0.2, 0.25) is 0 Å². The lowest BCUT2D eigenvalue weighted by Crippen LogP contribution is -2.43. The van der Waals surface area contributed by atoms with Crippen LogP contribution in [0.4, 0.5) is 5.69 Å². The van der Waals surface area contributed by atoms with Gasteiger partial charge in [-0.05, 0) is 31.4 Å². The Hall–Kier alpha value is -1.75. The van der Waals surface area contributed by atoms with Crippen molar-refractivity contribution >= 4 is 11.6 Å². The first-order valence-corrected chi connectivity index (χ1v) is 7.61. The van der Waals surface area contributed by atoms with Gasteiger partial charge in [-0.1, -0.05) is 12.1 Å². The fourth-order valence-corrected chi connectivity index (χ4v) is 2.80. The Labute approximate surface area is 125 Å². The summed E-state index contributed by atoms with van der Waals surface area (Å²) in [5.74, 6) is 0.806. The number of anilines is 1. The van der Waals surface area contributed by atoms with Crippen LogP contribution in [0.25, 0.3) is 0 Å². The van der Waals surface area contributed by atoms with Gasteiger partial charge in [0.05, 0.1) is 18.9 Å². The molecule has 1 amide bonds. The molecule has 0 spiro atoms. The fourth-order valence-electron chi connectivity index (χ4n) is 2.80. The molecule has 0 aliphatic carbocycles. The van der Waals surface area contributed by atoms with Crippen molar-refractivity contribution < 1.29 is 14.3 Å². The van der Waals surface area contributed by atoms with Crippen molar-refractivity contribution in [1.29, 1.82) is 0 Å². The predicted octanol–water partition coefficient (Wildman–Crippen LogP) is 1.67. The maximum absolute atomic E-state index is 12.1. The standard InChI is InChI=1S/C16H22N2O3/c1-12-5-6-13-3-2-4-14(16(13)17-12)21-11-15(19)18-7-9-20-10-8-18/h2-4,12,17H,5-11H2,1H3. The van der Waals surface area contributed by atoms with Crippen molar-refractivity contribution in [3.8, 4) is 5.75 Å². The molecule has 2 heterocycles. The number of rotatable bonds is 3. The van der Waals surface area contributed by atoms with Gasteiger partial charge in [-0.2, -0.15) is 0 Å². The average Bonchev–Trinajstić information content (AvgIpc) is 2.53. The molecule has 5 nitrogen and oxygen atoms in total. The molecule has 1 fully saturated rings. The van der Waals surface area contributed by atoms with Gasteiger partial charge in [0, 0.05) is 19.1 Å². The predicted molar refractivity (Wildman–Crippen MR) is 80.7 cm³/mol. The molecule has 1 saturated heterocycles. The lowest BCUT2D eigenvalue weighted by molar-refractivity contribution is -0.137. The zero-order valence-electron chi connectivity index (χ0n) is 12.4. The second-order valence-electron chi connectivity index (χ2n) is 5.66. The smallest absolute Gasteiger partial charge is 0.260 e. The highest BCUT2D eigenvalue weighted by molar-refractivity contribution is 5.78. The van der Waals surface area contributed by atoms with E-state index in [1.54, 1.807) is 4.90 Å². The lowest BCUT2D eigenvalue weighted by atomic mass is 9.98. The van der Waals surface area contributed by atoms with E-state index in [-0.39, 0.29) is 12.5 Å². The molecule has 0 saturated carbocycles. The van der Waals surface area contributed by atoms with Gasteiger partial charge in [-0.3, -0.25) is 4.79 Å². The van der Waals surface area contributed by atoms with Crippen molar-refractivity contribution in [1.82, 2.24) is 4.90 Å². The molecule has 1 unspecified atom stereocenters. The largest absolute Gasteiger partial charge is 0.482 e. The summed E-state index contributed by atoms with van der Waals surface area (Å²) in [6, 6.07) is 6.48. The summed E-state index contributed by atoms with van der Waals surface area (Å²) in [5.41, 5.74) is 2.32. The molecule has 0 bridgehead atoms. The SMILES string of the molecule is CC1CCc2cccc(OCC(=O)N3CCOCC3)c2N1. The van der Waals surface area contributed by atoms with Crippen LogP contribution in [0.15, 0.2) is 18.2 Å². The van der Waals surface area contributed by atoms with Crippen LogP contribution in [0, 0.1) is 0 Å². The van der Waals surface area contributed by atoms with E-state index in [4.69, 9.17) is 9.47 Å². The number of para-hydroxylation sites is 1. The number of fused-ring (bicyclic) bond motifs is 1. The molecular weight excluding hydrogens is 268 g/mol. The summed E-state index contributed by atoms with van der Waals surface area (Å²) in [4.78, 5) is 13.9. The van der Waals surface area contributed by atoms with Crippen LogP contribution in [-0.2, 0) is 16.0 Å². The first-order chi connectivity index (χ1) is 10.2. The zero-order chi connectivity index (χ0) is 14.7. The monoisotopic (exact) mass is 290 g/mol. The number of nitrogens with zero attached hydrogens (tertiary/aromatic N) is 1. The van der Waals surface area contributed by atoms with Gasteiger partial charge in [-0.15, -0.1) is 0 Å². The van der Waals surface area contributed by atoms with Gasteiger partial charge in [0.15, 0.2) is 6.61 Å². The van der Waals surface area contributed by atoms with Gasteiger partial charge >= 0.3 is 0 Å². The van der Waals surface area contributed by atoms with Gasteiger partial charge in [0.2, 0.25) is 0 Å². The van der Waals surface area contributed by atoms with Crippen molar-refractivity contribution in [2.75, 3.05) is 38.2 Å². The summed E-state index contributed by atoms with van der Waals surface area (Å²) in [6.45, 7) is 4.80. The van der Waals surface area contributed by atoms with Crippen LogP contribution in [0.5, 0.6) is 5.75 Å². The van der Waals surface area contributed by atoms with Gasteiger partial charge < -0.3 is 19.7 Å². The van der Waals surface area contributed by atoms with E-state index in [0.717, 1.165) is 24.3 Å². The Kier molecular flexibility index (Phi) is 4.29. The topological polar surface area (TPSA) is 50.8 Å². The highest BCUT2D eigenvalue weighted by Gasteiger charge is 2.20. The third-order valence-corrected chi connectivity index (χ3v) is 4.06.